The lowest BCUT2D eigenvalue weighted by Crippen LogP contribution is -2.47. The molecule has 0 spiro atoms. The van der Waals surface area contributed by atoms with Crippen LogP contribution in [0, 0.1) is 5.82 Å². The van der Waals surface area contributed by atoms with Gasteiger partial charge in [0, 0.05) is 50.7 Å². The fraction of sp³-hybridized carbons (Fsp3) is 0.217. The van der Waals surface area contributed by atoms with Gasteiger partial charge in [0.2, 0.25) is 0 Å². The summed E-state index contributed by atoms with van der Waals surface area (Å²) in [6, 6.07) is 20.0. The van der Waals surface area contributed by atoms with Crippen molar-refractivity contribution in [3.63, 3.8) is 0 Å². The van der Waals surface area contributed by atoms with Gasteiger partial charge < -0.3 is 14.7 Å². The van der Waals surface area contributed by atoms with Crippen LogP contribution in [0.25, 0.3) is 0 Å². The molecule has 6 heteroatoms. The Kier molecular flexibility index (Phi) is 5.42. The maximum absolute atomic E-state index is 14.0. The minimum atomic E-state index is -0.199. The Morgan fingerprint density at radius 1 is 0.931 bits per heavy atom. The molecule has 1 fully saturated rings. The Morgan fingerprint density at radius 2 is 1.59 bits per heavy atom. The second kappa shape index (κ2) is 8.31. The summed E-state index contributed by atoms with van der Waals surface area (Å²) in [6.45, 7) is 2.83. The molecular formula is C23H23FN4O. The van der Waals surface area contributed by atoms with E-state index in [-0.39, 0.29) is 11.7 Å². The van der Waals surface area contributed by atoms with Gasteiger partial charge >= 0.3 is 0 Å². The van der Waals surface area contributed by atoms with Crippen LogP contribution in [0.2, 0.25) is 0 Å². The van der Waals surface area contributed by atoms with Gasteiger partial charge in [0.05, 0.1) is 5.69 Å². The van der Waals surface area contributed by atoms with Crippen molar-refractivity contribution < 1.29 is 9.18 Å². The van der Waals surface area contributed by atoms with E-state index in [1.54, 1.807) is 30.3 Å². The minimum Gasteiger partial charge on any atom is -0.366 e. The van der Waals surface area contributed by atoms with Gasteiger partial charge in [-0.3, -0.25) is 4.79 Å². The molecule has 0 saturated carbocycles. The Labute approximate surface area is 170 Å². The van der Waals surface area contributed by atoms with Crippen LogP contribution >= 0.6 is 0 Å². The smallest absolute Gasteiger partial charge is 0.258 e. The van der Waals surface area contributed by atoms with E-state index >= 15 is 0 Å². The summed E-state index contributed by atoms with van der Waals surface area (Å²) in [5.41, 5.74) is 2.07. The molecule has 0 radical (unpaired) electrons. The summed E-state index contributed by atoms with van der Waals surface area (Å²) in [4.78, 5) is 23.2. The first-order valence-corrected chi connectivity index (χ1v) is 9.67. The zero-order chi connectivity index (χ0) is 20.2. The van der Waals surface area contributed by atoms with Crippen LogP contribution in [-0.2, 0) is 0 Å². The van der Waals surface area contributed by atoms with Crippen LogP contribution in [0.5, 0.6) is 0 Å². The Bertz CT molecular complexity index is 987. The number of para-hydroxylation sites is 2. The summed E-state index contributed by atoms with van der Waals surface area (Å²) >= 11 is 0. The van der Waals surface area contributed by atoms with Crippen molar-refractivity contribution in [3.05, 3.63) is 84.3 Å². The number of carbonyl (C=O) groups is 1. The number of hydrogen-bond acceptors (Lipinski definition) is 4. The summed E-state index contributed by atoms with van der Waals surface area (Å²) in [5.74, 6) is 0.492. The van der Waals surface area contributed by atoms with Gasteiger partial charge in [0.15, 0.2) is 0 Å². The Hall–Kier alpha value is -3.41. The average Bonchev–Trinajstić information content (AvgIpc) is 2.79. The monoisotopic (exact) mass is 390 g/mol. The molecule has 1 aromatic heterocycles. The molecular weight excluding hydrogens is 367 g/mol. The highest BCUT2D eigenvalue weighted by Gasteiger charge is 2.21. The molecule has 5 nitrogen and oxygen atoms in total. The molecule has 3 aromatic rings. The first kappa shape index (κ1) is 18.9. The van der Waals surface area contributed by atoms with Crippen molar-refractivity contribution in [2.24, 2.45) is 0 Å². The highest BCUT2D eigenvalue weighted by Crippen LogP contribution is 2.23. The quantitative estimate of drug-likeness (QED) is 0.679. The molecule has 148 valence electrons. The van der Waals surface area contributed by atoms with Gasteiger partial charge in [0.1, 0.15) is 11.6 Å². The number of rotatable bonds is 4. The van der Waals surface area contributed by atoms with Crippen molar-refractivity contribution in [3.8, 4) is 0 Å². The van der Waals surface area contributed by atoms with Crippen LogP contribution in [-0.4, -0.2) is 44.1 Å². The Morgan fingerprint density at radius 3 is 2.31 bits per heavy atom. The lowest BCUT2D eigenvalue weighted by Gasteiger charge is -2.37. The molecule has 4 rings (SSSR count). The van der Waals surface area contributed by atoms with E-state index in [0.29, 0.717) is 37.4 Å². The van der Waals surface area contributed by atoms with Crippen molar-refractivity contribution >= 4 is 23.1 Å². The van der Waals surface area contributed by atoms with E-state index < -0.39 is 0 Å². The molecule has 2 heterocycles. The third-order valence-electron chi connectivity index (χ3n) is 5.24. The number of amides is 1. The van der Waals surface area contributed by atoms with Crippen LogP contribution in [0.3, 0.4) is 0 Å². The first-order valence-electron chi connectivity index (χ1n) is 9.67. The second-order valence-corrected chi connectivity index (χ2v) is 7.03. The van der Waals surface area contributed by atoms with Crippen molar-refractivity contribution in [1.82, 2.24) is 4.98 Å². The average molecular weight is 390 g/mol. The van der Waals surface area contributed by atoms with E-state index in [0.717, 1.165) is 11.5 Å². The van der Waals surface area contributed by atoms with Crippen molar-refractivity contribution in [2.45, 2.75) is 0 Å². The highest BCUT2D eigenvalue weighted by atomic mass is 19.1. The molecule has 0 atom stereocenters. The maximum Gasteiger partial charge on any atom is 0.258 e. The van der Waals surface area contributed by atoms with Crippen LogP contribution in [0.1, 0.15) is 10.4 Å². The van der Waals surface area contributed by atoms with E-state index in [1.807, 2.05) is 53.4 Å². The van der Waals surface area contributed by atoms with E-state index in [2.05, 4.69) is 9.88 Å². The predicted octanol–water partition coefficient (Wildman–Crippen LogP) is 3.82. The topological polar surface area (TPSA) is 39.7 Å². The lowest BCUT2D eigenvalue weighted by molar-refractivity contribution is 0.0993. The second-order valence-electron chi connectivity index (χ2n) is 7.03. The maximum atomic E-state index is 14.0. The fourth-order valence-electron chi connectivity index (χ4n) is 3.57. The van der Waals surface area contributed by atoms with Crippen LogP contribution in [0.4, 0.5) is 21.6 Å². The normalized spacial score (nSPS) is 14.0. The lowest BCUT2D eigenvalue weighted by atomic mass is 10.2. The third kappa shape index (κ3) is 4.06. The SMILES string of the molecule is CN(C(=O)c1ccnc(N2CCN(c3ccccc3F)CC2)c1)c1ccccc1. The van der Waals surface area contributed by atoms with Crippen molar-refractivity contribution in [2.75, 3.05) is 47.9 Å². The number of nitrogens with zero attached hydrogens (tertiary/aromatic N) is 4. The predicted molar refractivity (Wildman–Crippen MR) is 114 cm³/mol. The van der Waals surface area contributed by atoms with Gasteiger partial charge in [-0.1, -0.05) is 30.3 Å². The molecule has 29 heavy (non-hydrogen) atoms. The van der Waals surface area contributed by atoms with Gasteiger partial charge in [-0.15, -0.1) is 0 Å². The standard InChI is InChI=1S/C23H23FN4O/c1-26(19-7-3-2-4-8-19)23(29)18-11-12-25-22(17-18)28-15-13-27(14-16-28)21-10-6-5-9-20(21)24/h2-12,17H,13-16H2,1H3. The van der Waals surface area contributed by atoms with Gasteiger partial charge in [-0.05, 0) is 36.4 Å². The number of aromatic nitrogens is 1. The molecule has 1 aliphatic heterocycles. The van der Waals surface area contributed by atoms with Crippen molar-refractivity contribution in [1.29, 1.82) is 0 Å². The fourth-order valence-corrected chi connectivity index (χ4v) is 3.57. The number of hydrogen-bond donors (Lipinski definition) is 0. The third-order valence-corrected chi connectivity index (χ3v) is 5.24. The van der Waals surface area contributed by atoms with E-state index in [9.17, 15) is 9.18 Å². The van der Waals surface area contributed by atoms with Gasteiger partial charge in [0.25, 0.3) is 5.91 Å². The molecule has 0 N–H and O–H groups in total. The molecule has 0 bridgehead atoms. The molecule has 2 aromatic carbocycles. The molecule has 1 amide bonds. The van der Waals surface area contributed by atoms with E-state index in [4.69, 9.17) is 0 Å². The Balaban J connectivity index is 1.46. The number of benzene rings is 2. The number of carbonyl (C=O) groups excluding carboxylic acids is 1. The number of pyridine rings is 1. The zero-order valence-electron chi connectivity index (χ0n) is 16.3. The molecule has 0 aliphatic carbocycles. The minimum absolute atomic E-state index is 0.0788. The zero-order valence-corrected chi connectivity index (χ0v) is 16.3. The largest absolute Gasteiger partial charge is 0.366 e. The number of anilines is 3. The molecule has 1 saturated heterocycles. The molecule has 1 aliphatic rings. The first-order chi connectivity index (χ1) is 14.1. The molecule has 0 unspecified atom stereocenters. The summed E-state index contributed by atoms with van der Waals surface area (Å²) in [5, 5.41) is 0. The highest BCUT2D eigenvalue weighted by molar-refractivity contribution is 6.06. The number of piperazine rings is 1. The summed E-state index contributed by atoms with van der Waals surface area (Å²) < 4.78 is 14.0. The van der Waals surface area contributed by atoms with E-state index in [1.165, 1.54) is 6.07 Å². The van der Waals surface area contributed by atoms with Gasteiger partial charge in [-0.25, -0.2) is 9.37 Å². The summed E-state index contributed by atoms with van der Waals surface area (Å²) in [7, 11) is 1.77. The van der Waals surface area contributed by atoms with Crippen LogP contribution < -0.4 is 14.7 Å². The summed E-state index contributed by atoms with van der Waals surface area (Å²) in [6.07, 6.45) is 1.67. The number of halogens is 1. The van der Waals surface area contributed by atoms with Crippen LogP contribution in [0.15, 0.2) is 72.9 Å². The van der Waals surface area contributed by atoms with Gasteiger partial charge in [-0.2, -0.15) is 0 Å².